The predicted octanol–water partition coefficient (Wildman–Crippen LogP) is 0.885. The van der Waals surface area contributed by atoms with Crippen molar-refractivity contribution in [3.05, 3.63) is 101 Å². The molecule has 0 bridgehead atoms. The van der Waals surface area contributed by atoms with Gasteiger partial charge in [0, 0.05) is 25.6 Å². The van der Waals surface area contributed by atoms with Crippen LogP contribution in [0.1, 0.15) is 72.6 Å². The SMILES string of the molecule is Cc1cccc(C)c1OCC(=O)N[C@@H](Cc1ccccc1)[C@H](C[C@H](Cc1ccccc1)NC(=O)[C@H](C(C)C)N1CCCNC1=O)OC(=O)OP(=O)(O)OCC(C)(C)C.[H-].[H-].[Na+].[Na+]. The first-order valence-corrected chi connectivity index (χ1v) is 21.2. The Bertz CT molecular complexity index is 1880. The fourth-order valence-corrected chi connectivity index (χ4v) is 7.60. The van der Waals surface area contributed by atoms with E-state index < -0.39 is 55.4 Å². The number of ether oxygens (including phenoxy) is 2. The van der Waals surface area contributed by atoms with Gasteiger partial charge in [-0.3, -0.25) is 19.0 Å². The Hall–Kier alpha value is -2.91. The molecular weight excluding hydrogens is 809 g/mol. The molecule has 0 radical (unpaired) electrons. The van der Waals surface area contributed by atoms with Crippen molar-refractivity contribution in [2.45, 2.75) is 98.4 Å². The largest absolute Gasteiger partial charge is 1.00 e. The number of aryl methyl sites for hydroxylation is 2. The van der Waals surface area contributed by atoms with Crippen molar-refractivity contribution < 1.29 is 109 Å². The second-order valence-corrected chi connectivity index (χ2v) is 17.7. The molecule has 4 N–H and O–H groups in total. The van der Waals surface area contributed by atoms with Crippen molar-refractivity contribution in [2.75, 3.05) is 26.3 Å². The number of benzene rings is 3. The molecule has 1 aliphatic rings. The van der Waals surface area contributed by atoms with Crippen LogP contribution in [0.15, 0.2) is 78.9 Å². The van der Waals surface area contributed by atoms with E-state index in [-0.39, 0.29) is 106 Å². The zero-order chi connectivity index (χ0) is 42.5. The van der Waals surface area contributed by atoms with E-state index in [1.54, 1.807) is 20.8 Å². The monoisotopic (exact) mass is 870 g/mol. The van der Waals surface area contributed by atoms with Crippen molar-refractivity contribution in [1.29, 1.82) is 0 Å². The topological polar surface area (TPSA) is 182 Å². The maximum absolute atomic E-state index is 14.2. The van der Waals surface area contributed by atoms with Gasteiger partial charge in [-0.1, -0.05) is 113 Å². The van der Waals surface area contributed by atoms with E-state index in [1.807, 2.05) is 107 Å². The van der Waals surface area contributed by atoms with Crippen LogP contribution in [-0.2, 0) is 40.8 Å². The average molecular weight is 871 g/mol. The van der Waals surface area contributed by atoms with Crippen LogP contribution in [0.3, 0.4) is 0 Å². The van der Waals surface area contributed by atoms with Crippen molar-refractivity contribution in [3.63, 3.8) is 0 Å². The molecule has 14 nitrogen and oxygen atoms in total. The summed E-state index contributed by atoms with van der Waals surface area (Å²) in [5.41, 5.74) is 2.81. The summed E-state index contributed by atoms with van der Waals surface area (Å²) in [6, 6.07) is 21.4. The number of phosphoric acid groups is 1. The number of nitrogens with zero attached hydrogens (tertiary/aromatic N) is 1. The summed E-state index contributed by atoms with van der Waals surface area (Å²) in [7, 11) is -4.93. The number of hydrogen-bond donors (Lipinski definition) is 4. The van der Waals surface area contributed by atoms with E-state index in [2.05, 4.69) is 16.0 Å². The van der Waals surface area contributed by atoms with Crippen molar-refractivity contribution >= 4 is 31.8 Å². The van der Waals surface area contributed by atoms with E-state index in [1.165, 1.54) is 4.90 Å². The van der Waals surface area contributed by atoms with Crippen molar-refractivity contribution in [3.8, 4) is 5.75 Å². The second-order valence-electron chi connectivity index (χ2n) is 16.3. The standard InChI is InChI=1S/C43H59N4O10P.2Na.2H/c1-29(2)38(47-23-15-22-44-41(47)50)40(49)45-34(24-32-18-10-8-11-19-32)26-36(56-42(51)57-58(52,53)55-28-43(5,6)7)35(25-33-20-12-9-13-21-33)46-37(48)27-54-39-30(3)16-14-17-31(39)4;;;;/h8-14,16-21,29,34-36,38H,15,22-28H2,1-7H3,(H,44,50)(H,45,49)(H,46,48)(H,52,53);;;;/q;2*+1;2*-1/t34-,35-,36-,38-;;;;/m0..../s1. The first kappa shape index (κ1) is 53.2. The number of carbonyl (C=O) groups excluding carboxylic acids is 4. The Morgan fingerprint density at radius 2 is 1.48 bits per heavy atom. The fraction of sp³-hybridized carbons (Fsp3) is 0.488. The van der Waals surface area contributed by atoms with Gasteiger partial charge in [0.2, 0.25) is 5.91 Å². The molecule has 17 heteroatoms. The quantitative estimate of drug-likeness (QED) is 0.0768. The van der Waals surface area contributed by atoms with E-state index in [0.29, 0.717) is 25.3 Å². The zero-order valence-corrected chi connectivity index (χ0v) is 41.5. The second kappa shape index (κ2) is 25.3. The molecule has 0 aromatic heterocycles. The third-order valence-corrected chi connectivity index (χ3v) is 10.3. The molecule has 1 heterocycles. The van der Waals surface area contributed by atoms with Crippen molar-refractivity contribution in [2.24, 2.45) is 11.3 Å². The summed E-state index contributed by atoms with van der Waals surface area (Å²) in [5, 5.41) is 8.92. The van der Waals surface area contributed by atoms with E-state index in [0.717, 1.165) is 22.3 Å². The Balaban J connectivity index is 0.00000930. The van der Waals surface area contributed by atoms with Crippen LogP contribution in [0.5, 0.6) is 5.75 Å². The molecule has 1 aliphatic heterocycles. The maximum atomic E-state index is 14.2. The maximum Gasteiger partial charge on any atom is 1.00 e. The summed E-state index contributed by atoms with van der Waals surface area (Å²) < 4.78 is 34.8. The average Bonchev–Trinajstić information content (AvgIpc) is 3.14. The van der Waals surface area contributed by atoms with Crippen LogP contribution >= 0.6 is 7.82 Å². The first-order valence-electron chi connectivity index (χ1n) is 19.7. The Morgan fingerprint density at radius 1 is 0.900 bits per heavy atom. The van der Waals surface area contributed by atoms with Gasteiger partial charge in [0.05, 0.1) is 12.6 Å². The summed E-state index contributed by atoms with van der Waals surface area (Å²) in [5.74, 6) is -0.616. The minimum absolute atomic E-state index is 0. The smallest absolute Gasteiger partial charge is 1.00 e. The third kappa shape index (κ3) is 17.8. The third-order valence-electron chi connectivity index (χ3n) is 9.49. The molecule has 0 spiro atoms. The summed E-state index contributed by atoms with van der Waals surface area (Å²) >= 11 is 0. The van der Waals surface area contributed by atoms with Crippen molar-refractivity contribution in [1.82, 2.24) is 20.9 Å². The minimum atomic E-state index is -4.93. The van der Waals surface area contributed by atoms with Gasteiger partial charge in [0.15, 0.2) is 6.61 Å². The molecule has 5 atom stereocenters. The molecule has 320 valence electrons. The summed E-state index contributed by atoms with van der Waals surface area (Å²) in [6.07, 6.45) is -1.73. The predicted molar refractivity (Wildman–Crippen MR) is 222 cm³/mol. The van der Waals surface area contributed by atoms with Gasteiger partial charge < -0.3 is 37.7 Å². The molecular formula is C43H61N4Na2O10P. The van der Waals surface area contributed by atoms with Crippen LogP contribution in [0.4, 0.5) is 9.59 Å². The molecule has 3 aromatic rings. The number of phosphoric ester groups is 1. The molecule has 1 saturated heterocycles. The number of amides is 4. The Labute approximate surface area is 401 Å². The van der Waals surface area contributed by atoms with E-state index in [9.17, 15) is 28.6 Å². The van der Waals surface area contributed by atoms with Gasteiger partial charge in [0.25, 0.3) is 5.91 Å². The molecule has 1 fully saturated rings. The van der Waals surface area contributed by atoms with E-state index >= 15 is 0 Å². The van der Waals surface area contributed by atoms with E-state index in [4.69, 9.17) is 18.5 Å². The van der Waals surface area contributed by atoms with Crippen LogP contribution in [0, 0.1) is 25.2 Å². The van der Waals surface area contributed by atoms with Gasteiger partial charge in [0.1, 0.15) is 17.9 Å². The Morgan fingerprint density at radius 3 is 2.03 bits per heavy atom. The molecule has 3 aromatic carbocycles. The number of urea groups is 1. The Kier molecular flexibility index (Phi) is 22.4. The fourth-order valence-electron chi connectivity index (χ4n) is 6.77. The van der Waals surface area contributed by atoms with Gasteiger partial charge in [-0.2, -0.15) is 0 Å². The summed E-state index contributed by atoms with van der Waals surface area (Å²) in [6.45, 7) is 13.2. The van der Waals surface area contributed by atoms with Gasteiger partial charge in [-0.15, -0.1) is 0 Å². The minimum Gasteiger partial charge on any atom is -1.00 e. The molecule has 60 heavy (non-hydrogen) atoms. The van der Waals surface area contributed by atoms with Gasteiger partial charge in [-0.25, -0.2) is 14.2 Å². The number of para-hydroxylation sites is 1. The molecule has 4 rings (SSSR count). The number of nitrogens with one attached hydrogen (secondary N) is 3. The normalized spacial score (nSPS) is 15.7. The molecule has 0 saturated carbocycles. The van der Waals surface area contributed by atoms with Crippen LogP contribution in [-0.4, -0.2) is 84.3 Å². The van der Waals surface area contributed by atoms with Gasteiger partial charge in [-0.05, 0) is 66.7 Å². The number of hydrogen-bond acceptors (Lipinski definition) is 9. The molecule has 4 amide bonds. The van der Waals surface area contributed by atoms with Crippen LogP contribution in [0.2, 0.25) is 0 Å². The number of rotatable bonds is 19. The van der Waals surface area contributed by atoms with Crippen LogP contribution in [0.25, 0.3) is 0 Å². The zero-order valence-electron chi connectivity index (χ0n) is 38.6. The molecule has 1 unspecified atom stereocenters. The molecule has 0 aliphatic carbocycles. The van der Waals surface area contributed by atoms with Gasteiger partial charge >= 0.3 is 79.1 Å². The first-order chi connectivity index (χ1) is 27.4. The summed E-state index contributed by atoms with van der Waals surface area (Å²) in [4.78, 5) is 66.4. The van der Waals surface area contributed by atoms with Crippen LogP contribution < -0.4 is 79.8 Å². The number of carbonyl (C=O) groups is 4.